The standard InChI is InChI=1S/C20H27N3O3/c1-14(18-16-10-5-6-11-17(16)20(25)23-22-18)19(24)21-12-7-13-26-15-8-3-2-4-9-15/h5-6,10-11,14-15H,2-4,7-9,12-13H2,1H3,(H,21,24)(H,23,25). The van der Waals surface area contributed by atoms with E-state index in [1.54, 1.807) is 19.1 Å². The minimum atomic E-state index is -0.434. The number of amides is 1. The van der Waals surface area contributed by atoms with Crippen molar-refractivity contribution in [2.24, 2.45) is 0 Å². The molecule has 0 bridgehead atoms. The summed E-state index contributed by atoms with van der Waals surface area (Å²) in [5, 5.41) is 10.8. The topological polar surface area (TPSA) is 84.1 Å². The number of hydrogen-bond acceptors (Lipinski definition) is 4. The first kappa shape index (κ1) is 18.6. The van der Waals surface area contributed by atoms with Crippen molar-refractivity contribution in [3.8, 4) is 0 Å². The fourth-order valence-electron chi connectivity index (χ4n) is 3.51. The molecule has 0 saturated heterocycles. The summed E-state index contributed by atoms with van der Waals surface area (Å²) in [6.45, 7) is 3.07. The average Bonchev–Trinajstić information content (AvgIpc) is 2.68. The molecule has 2 aromatic rings. The monoisotopic (exact) mass is 357 g/mol. The molecular weight excluding hydrogens is 330 g/mol. The van der Waals surface area contributed by atoms with Gasteiger partial charge in [-0.2, -0.15) is 5.10 Å². The second-order valence-corrected chi connectivity index (χ2v) is 6.98. The molecule has 1 aromatic carbocycles. The quantitative estimate of drug-likeness (QED) is 0.746. The fraction of sp³-hybridized carbons (Fsp3) is 0.550. The summed E-state index contributed by atoms with van der Waals surface area (Å²) in [5.74, 6) is -0.525. The van der Waals surface area contributed by atoms with Gasteiger partial charge >= 0.3 is 0 Å². The van der Waals surface area contributed by atoms with E-state index in [2.05, 4.69) is 15.5 Å². The first-order chi connectivity index (χ1) is 12.7. The molecule has 1 heterocycles. The van der Waals surface area contributed by atoms with Crippen molar-refractivity contribution in [3.05, 3.63) is 40.3 Å². The van der Waals surface area contributed by atoms with E-state index in [1.165, 1.54) is 19.3 Å². The molecule has 1 aliphatic rings. The van der Waals surface area contributed by atoms with Crippen LogP contribution in [-0.4, -0.2) is 35.4 Å². The molecule has 140 valence electrons. The molecule has 26 heavy (non-hydrogen) atoms. The Kier molecular flexibility index (Phi) is 6.39. The zero-order valence-corrected chi connectivity index (χ0v) is 15.3. The van der Waals surface area contributed by atoms with E-state index >= 15 is 0 Å². The van der Waals surface area contributed by atoms with Gasteiger partial charge in [0.2, 0.25) is 5.91 Å². The molecule has 3 rings (SSSR count). The van der Waals surface area contributed by atoms with Crippen molar-refractivity contribution in [1.82, 2.24) is 15.5 Å². The summed E-state index contributed by atoms with van der Waals surface area (Å²) in [6.07, 6.45) is 7.37. The van der Waals surface area contributed by atoms with Gasteiger partial charge in [-0.25, -0.2) is 5.10 Å². The van der Waals surface area contributed by atoms with Gasteiger partial charge in [-0.1, -0.05) is 37.5 Å². The number of carbonyl (C=O) groups is 1. The number of aromatic amines is 1. The van der Waals surface area contributed by atoms with Gasteiger partial charge < -0.3 is 10.1 Å². The summed E-state index contributed by atoms with van der Waals surface area (Å²) >= 11 is 0. The second kappa shape index (κ2) is 8.94. The molecule has 1 aliphatic carbocycles. The molecule has 1 amide bonds. The number of nitrogens with one attached hydrogen (secondary N) is 2. The van der Waals surface area contributed by atoms with Gasteiger partial charge in [0, 0.05) is 18.5 Å². The molecule has 0 radical (unpaired) electrons. The highest BCUT2D eigenvalue weighted by atomic mass is 16.5. The fourth-order valence-corrected chi connectivity index (χ4v) is 3.51. The highest BCUT2D eigenvalue weighted by Gasteiger charge is 2.20. The zero-order valence-electron chi connectivity index (χ0n) is 15.3. The number of nitrogens with zero attached hydrogens (tertiary/aromatic N) is 1. The van der Waals surface area contributed by atoms with E-state index < -0.39 is 5.92 Å². The van der Waals surface area contributed by atoms with Crippen molar-refractivity contribution >= 4 is 16.7 Å². The molecule has 0 spiro atoms. The Morgan fingerprint density at radius 3 is 2.77 bits per heavy atom. The number of ether oxygens (including phenoxy) is 1. The van der Waals surface area contributed by atoms with E-state index in [9.17, 15) is 9.59 Å². The maximum absolute atomic E-state index is 12.5. The van der Waals surface area contributed by atoms with Gasteiger partial charge in [-0.3, -0.25) is 9.59 Å². The van der Waals surface area contributed by atoms with Gasteiger partial charge in [-0.05, 0) is 32.3 Å². The van der Waals surface area contributed by atoms with Crippen molar-refractivity contribution in [2.45, 2.75) is 57.5 Å². The molecule has 0 aliphatic heterocycles. The summed E-state index contributed by atoms with van der Waals surface area (Å²) in [5.41, 5.74) is 0.355. The largest absolute Gasteiger partial charge is 0.378 e. The summed E-state index contributed by atoms with van der Waals surface area (Å²) < 4.78 is 5.88. The lowest BCUT2D eigenvalue weighted by molar-refractivity contribution is -0.122. The van der Waals surface area contributed by atoms with Crippen LogP contribution in [0.3, 0.4) is 0 Å². The van der Waals surface area contributed by atoms with Crippen LogP contribution in [-0.2, 0) is 9.53 Å². The maximum atomic E-state index is 12.5. The van der Waals surface area contributed by atoms with Crippen LogP contribution >= 0.6 is 0 Å². The van der Waals surface area contributed by atoms with Gasteiger partial charge in [0.15, 0.2) is 0 Å². The van der Waals surface area contributed by atoms with Gasteiger partial charge in [0.1, 0.15) is 0 Å². The molecule has 2 N–H and O–H groups in total. The third kappa shape index (κ3) is 4.49. The number of aromatic nitrogens is 2. The number of rotatable bonds is 7. The SMILES string of the molecule is CC(C(=O)NCCCOC1CCCCC1)c1n[nH]c(=O)c2ccccc12. The lowest BCUT2D eigenvalue weighted by Crippen LogP contribution is -2.31. The molecule has 1 fully saturated rings. The first-order valence-electron chi connectivity index (χ1n) is 9.53. The van der Waals surface area contributed by atoms with E-state index in [-0.39, 0.29) is 11.5 Å². The Balaban J connectivity index is 1.50. The van der Waals surface area contributed by atoms with Crippen LogP contribution in [0.15, 0.2) is 29.1 Å². The molecule has 6 nitrogen and oxygen atoms in total. The minimum Gasteiger partial charge on any atom is -0.378 e. The van der Waals surface area contributed by atoms with E-state index in [0.717, 1.165) is 24.6 Å². The Labute approximate surface area is 153 Å². The summed E-state index contributed by atoms with van der Waals surface area (Å²) in [6, 6.07) is 7.22. The number of carbonyl (C=O) groups excluding carboxylic acids is 1. The van der Waals surface area contributed by atoms with Crippen LogP contribution in [0.2, 0.25) is 0 Å². The molecule has 1 saturated carbocycles. The predicted molar refractivity (Wildman–Crippen MR) is 101 cm³/mol. The number of benzene rings is 1. The maximum Gasteiger partial charge on any atom is 0.272 e. The van der Waals surface area contributed by atoms with Crippen LogP contribution in [0.4, 0.5) is 0 Å². The lowest BCUT2D eigenvalue weighted by atomic mass is 9.98. The summed E-state index contributed by atoms with van der Waals surface area (Å²) in [7, 11) is 0. The smallest absolute Gasteiger partial charge is 0.272 e. The second-order valence-electron chi connectivity index (χ2n) is 6.98. The Morgan fingerprint density at radius 2 is 2.00 bits per heavy atom. The number of fused-ring (bicyclic) bond motifs is 1. The normalized spacial score (nSPS) is 16.5. The summed E-state index contributed by atoms with van der Waals surface area (Å²) in [4.78, 5) is 24.3. The minimum absolute atomic E-state index is 0.0904. The van der Waals surface area contributed by atoms with Crippen LogP contribution < -0.4 is 10.9 Å². The average molecular weight is 357 g/mol. The van der Waals surface area contributed by atoms with Gasteiger partial charge in [-0.15, -0.1) is 0 Å². The molecule has 6 heteroatoms. The van der Waals surface area contributed by atoms with E-state index in [1.807, 2.05) is 12.1 Å². The lowest BCUT2D eigenvalue weighted by Gasteiger charge is -2.22. The van der Waals surface area contributed by atoms with Crippen LogP contribution in [0, 0.1) is 0 Å². The third-order valence-electron chi connectivity index (χ3n) is 5.06. The van der Waals surface area contributed by atoms with Crippen LogP contribution in [0.25, 0.3) is 10.8 Å². The van der Waals surface area contributed by atoms with E-state index in [4.69, 9.17) is 4.74 Å². The van der Waals surface area contributed by atoms with Crippen molar-refractivity contribution < 1.29 is 9.53 Å². The van der Waals surface area contributed by atoms with Crippen LogP contribution in [0.5, 0.6) is 0 Å². The zero-order chi connectivity index (χ0) is 18.4. The van der Waals surface area contributed by atoms with Crippen molar-refractivity contribution in [3.63, 3.8) is 0 Å². The van der Waals surface area contributed by atoms with E-state index in [0.29, 0.717) is 30.3 Å². The molecule has 1 atom stereocenters. The number of H-pyrrole nitrogens is 1. The van der Waals surface area contributed by atoms with Crippen molar-refractivity contribution in [2.75, 3.05) is 13.2 Å². The molecule has 1 aromatic heterocycles. The predicted octanol–water partition coefficient (Wildman–Crippen LogP) is 2.88. The van der Waals surface area contributed by atoms with Gasteiger partial charge in [0.25, 0.3) is 5.56 Å². The van der Waals surface area contributed by atoms with Crippen molar-refractivity contribution in [1.29, 1.82) is 0 Å². The molecular formula is C20H27N3O3. The van der Waals surface area contributed by atoms with Crippen LogP contribution in [0.1, 0.15) is 57.1 Å². The Hall–Kier alpha value is -2.21. The highest BCUT2D eigenvalue weighted by Crippen LogP contribution is 2.21. The number of hydrogen-bond donors (Lipinski definition) is 2. The van der Waals surface area contributed by atoms with Gasteiger partial charge in [0.05, 0.1) is 23.1 Å². The molecule has 1 unspecified atom stereocenters. The third-order valence-corrected chi connectivity index (χ3v) is 5.06. The Bertz CT molecular complexity index is 796. The Morgan fingerprint density at radius 1 is 1.27 bits per heavy atom. The highest BCUT2D eigenvalue weighted by molar-refractivity contribution is 5.90. The first-order valence-corrected chi connectivity index (χ1v) is 9.53.